The molecule has 2 heterocycles. The van der Waals surface area contributed by atoms with E-state index in [9.17, 15) is 14.9 Å². The highest BCUT2D eigenvalue weighted by Gasteiger charge is 2.14. The molecule has 0 aliphatic rings. The number of nitro benzene ring substituents is 1. The van der Waals surface area contributed by atoms with Crippen LogP contribution in [-0.2, 0) is 4.79 Å². The largest absolute Gasteiger partial charge is 0.307 e. The van der Waals surface area contributed by atoms with E-state index in [0.717, 1.165) is 27.7 Å². The molecule has 0 bridgehead atoms. The average molecular weight is 441 g/mol. The highest BCUT2D eigenvalue weighted by molar-refractivity contribution is 6.01. The van der Waals surface area contributed by atoms with Crippen LogP contribution in [0.25, 0.3) is 22.8 Å². The summed E-state index contributed by atoms with van der Waals surface area (Å²) in [7, 11) is 0. The van der Waals surface area contributed by atoms with E-state index in [4.69, 9.17) is 4.98 Å². The molecule has 0 unspecified atom stereocenters. The summed E-state index contributed by atoms with van der Waals surface area (Å²) in [5.74, 6) is 0.774. The van der Waals surface area contributed by atoms with Crippen LogP contribution < -0.4 is 5.32 Å². The standard InChI is InChI=1S/C25H23N5O3/c1-15-11-17(3)25-21(12-15)16(2)13-22(27-25)29-23(14-18(4)28-29)26-24(31)10-7-19-5-8-20(9-6-19)30(32)33/h5-14H,1-4H3,(H,26,31)/b10-7+. The van der Waals surface area contributed by atoms with Gasteiger partial charge < -0.3 is 5.32 Å². The lowest BCUT2D eigenvalue weighted by atomic mass is 10.0. The van der Waals surface area contributed by atoms with Crippen molar-refractivity contribution in [2.75, 3.05) is 5.32 Å². The Hall–Kier alpha value is -4.33. The summed E-state index contributed by atoms with van der Waals surface area (Å²) in [5, 5.41) is 19.2. The molecule has 166 valence electrons. The molecule has 2 aromatic carbocycles. The van der Waals surface area contributed by atoms with Crippen molar-refractivity contribution in [3.05, 3.63) is 92.7 Å². The van der Waals surface area contributed by atoms with Crippen molar-refractivity contribution in [2.24, 2.45) is 0 Å². The number of amides is 1. The number of non-ortho nitro benzene ring substituents is 1. The quantitative estimate of drug-likeness (QED) is 0.260. The smallest absolute Gasteiger partial charge is 0.269 e. The molecular weight excluding hydrogens is 418 g/mol. The number of benzene rings is 2. The molecule has 1 N–H and O–H groups in total. The Labute approximate surface area is 190 Å². The van der Waals surface area contributed by atoms with Crippen molar-refractivity contribution < 1.29 is 9.72 Å². The Kier molecular flexibility index (Phi) is 5.74. The molecule has 2 aromatic heterocycles. The summed E-state index contributed by atoms with van der Waals surface area (Å²) in [5.41, 5.74) is 5.66. The van der Waals surface area contributed by atoms with E-state index < -0.39 is 4.92 Å². The van der Waals surface area contributed by atoms with Crippen molar-refractivity contribution in [1.82, 2.24) is 14.8 Å². The second-order valence-electron chi connectivity index (χ2n) is 8.03. The maximum atomic E-state index is 12.6. The lowest BCUT2D eigenvalue weighted by Gasteiger charge is -2.12. The summed E-state index contributed by atoms with van der Waals surface area (Å²) >= 11 is 0. The number of hydrogen-bond acceptors (Lipinski definition) is 5. The van der Waals surface area contributed by atoms with E-state index in [-0.39, 0.29) is 11.6 Å². The van der Waals surface area contributed by atoms with Crippen molar-refractivity contribution in [2.45, 2.75) is 27.7 Å². The van der Waals surface area contributed by atoms with Gasteiger partial charge in [-0.1, -0.05) is 11.6 Å². The van der Waals surface area contributed by atoms with Crippen LogP contribution in [0.3, 0.4) is 0 Å². The first-order chi connectivity index (χ1) is 15.7. The van der Waals surface area contributed by atoms with Gasteiger partial charge in [-0.15, -0.1) is 0 Å². The highest BCUT2D eigenvalue weighted by Crippen LogP contribution is 2.26. The Morgan fingerprint density at radius 1 is 1.03 bits per heavy atom. The minimum Gasteiger partial charge on any atom is -0.307 e. The fourth-order valence-electron chi connectivity index (χ4n) is 3.75. The van der Waals surface area contributed by atoms with E-state index in [2.05, 4.69) is 29.5 Å². The van der Waals surface area contributed by atoms with E-state index in [1.54, 1.807) is 29.0 Å². The normalized spacial score (nSPS) is 11.3. The fourth-order valence-corrected chi connectivity index (χ4v) is 3.75. The van der Waals surface area contributed by atoms with E-state index in [1.165, 1.54) is 23.8 Å². The molecule has 4 rings (SSSR count). The third kappa shape index (κ3) is 4.64. The van der Waals surface area contributed by atoms with Crippen molar-refractivity contribution in [3.63, 3.8) is 0 Å². The van der Waals surface area contributed by atoms with Crippen LogP contribution in [0.4, 0.5) is 11.5 Å². The number of anilines is 1. The molecule has 8 nitrogen and oxygen atoms in total. The molecular formula is C25H23N5O3. The van der Waals surface area contributed by atoms with E-state index in [1.807, 2.05) is 26.8 Å². The van der Waals surface area contributed by atoms with Crippen molar-refractivity contribution >= 4 is 34.4 Å². The van der Waals surface area contributed by atoms with Gasteiger partial charge in [0.15, 0.2) is 5.82 Å². The third-order valence-corrected chi connectivity index (χ3v) is 5.27. The zero-order valence-electron chi connectivity index (χ0n) is 18.8. The van der Waals surface area contributed by atoms with Crippen molar-refractivity contribution in [1.29, 1.82) is 0 Å². The zero-order chi connectivity index (χ0) is 23.7. The molecule has 33 heavy (non-hydrogen) atoms. The molecule has 4 aromatic rings. The second kappa shape index (κ2) is 8.66. The molecule has 0 atom stereocenters. The Bertz CT molecular complexity index is 1420. The van der Waals surface area contributed by atoms with Crippen LogP contribution in [0.2, 0.25) is 0 Å². The highest BCUT2D eigenvalue weighted by atomic mass is 16.6. The minimum absolute atomic E-state index is 0.000413. The lowest BCUT2D eigenvalue weighted by Crippen LogP contribution is -2.13. The predicted molar refractivity (Wildman–Crippen MR) is 129 cm³/mol. The molecule has 0 aliphatic carbocycles. The van der Waals surface area contributed by atoms with E-state index >= 15 is 0 Å². The van der Waals surface area contributed by atoms with Gasteiger partial charge in [0.1, 0.15) is 5.82 Å². The molecule has 0 fully saturated rings. The monoisotopic (exact) mass is 441 g/mol. The lowest BCUT2D eigenvalue weighted by molar-refractivity contribution is -0.384. The number of carbonyl (C=O) groups is 1. The van der Waals surface area contributed by atoms with Gasteiger partial charge in [0.05, 0.1) is 16.1 Å². The van der Waals surface area contributed by atoms with Gasteiger partial charge >= 0.3 is 0 Å². The zero-order valence-corrected chi connectivity index (χ0v) is 18.8. The summed E-state index contributed by atoms with van der Waals surface area (Å²) < 4.78 is 1.62. The number of carbonyl (C=O) groups excluding carboxylic acids is 1. The number of nitrogens with one attached hydrogen (secondary N) is 1. The first kappa shape index (κ1) is 21.9. The Morgan fingerprint density at radius 2 is 1.76 bits per heavy atom. The van der Waals surface area contributed by atoms with Crippen molar-refractivity contribution in [3.8, 4) is 5.82 Å². The summed E-state index contributed by atoms with van der Waals surface area (Å²) in [4.78, 5) is 27.7. The Balaban J connectivity index is 1.61. The number of nitrogens with zero attached hydrogens (tertiary/aromatic N) is 4. The van der Waals surface area contributed by atoms with Crippen LogP contribution in [-0.4, -0.2) is 25.6 Å². The third-order valence-electron chi connectivity index (χ3n) is 5.27. The van der Waals surface area contributed by atoms with Gasteiger partial charge in [-0.05, 0) is 74.7 Å². The molecule has 0 aliphatic heterocycles. The van der Waals surface area contributed by atoms with Crippen LogP contribution in [0.5, 0.6) is 0 Å². The number of hydrogen-bond donors (Lipinski definition) is 1. The number of pyridine rings is 1. The first-order valence-electron chi connectivity index (χ1n) is 10.4. The van der Waals surface area contributed by atoms with Gasteiger partial charge in [0, 0.05) is 29.7 Å². The first-order valence-corrected chi connectivity index (χ1v) is 10.4. The molecule has 0 spiro atoms. The molecule has 0 saturated carbocycles. The number of fused-ring (bicyclic) bond motifs is 1. The minimum atomic E-state index is -0.463. The SMILES string of the molecule is Cc1cc(C)c2nc(-n3nc(C)cc3NC(=O)/C=C/c3ccc([N+](=O)[O-])cc3)cc(C)c2c1. The van der Waals surface area contributed by atoms with Crippen LogP contribution >= 0.6 is 0 Å². The summed E-state index contributed by atoms with van der Waals surface area (Å²) in [6, 6.07) is 13.9. The number of aryl methyl sites for hydroxylation is 4. The Morgan fingerprint density at radius 3 is 2.45 bits per heavy atom. The molecule has 8 heteroatoms. The number of nitro groups is 1. The molecule has 0 saturated heterocycles. The molecule has 0 radical (unpaired) electrons. The molecule has 1 amide bonds. The summed E-state index contributed by atoms with van der Waals surface area (Å²) in [6.45, 7) is 7.98. The summed E-state index contributed by atoms with van der Waals surface area (Å²) in [6.07, 6.45) is 2.97. The van der Waals surface area contributed by atoms with Crippen LogP contribution in [0, 0.1) is 37.8 Å². The van der Waals surface area contributed by atoms with Gasteiger partial charge in [-0.3, -0.25) is 14.9 Å². The van der Waals surface area contributed by atoms with Crippen LogP contribution in [0.15, 0.2) is 54.6 Å². The van der Waals surface area contributed by atoms with Gasteiger partial charge in [0.2, 0.25) is 5.91 Å². The second-order valence-corrected chi connectivity index (χ2v) is 8.03. The van der Waals surface area contributed by atoms with Gasteiger partial charge in [-0.25, -0.2) is 4.98 Å². The van der Waals surface area contributed by atoms with Gasteiger partial charge in [0.25, 0.3) is 5.69 Å². The predicted octanol–water partition coefficient (Wildman–Crippen LogP) is 5.21. The fraction of sp³-hybridized carbons (Fsp3) is 0.160. The maximum absolute atomic E-state index is 12.6. The topological polar surface area (TPSA) is 103 Å². The number of rotatable bonds is 5. The van der Waals surface area contributed by atoms with E-state index in [0.29, 0.717) is 17.2 Å². The maximum Gasteiger partial charge on any atom is 0.269 e. The number of aromatic nitrogens is 3. The average Bonchev–Trinajstić information content (AvgIpc) is 3.13. The van der Waals surface area contributed by atoms with Gasteiger partial charge in [-0.2, -0.15) is 9.78 Å². The van der Waals surface area contributed by atoms with Crippen LogP contribution in [0.1, 0.15) is 27.9 Å².